The number of fused-ring (bicyclic) bond motifs is 10. The van der Waals surface area contributed by atoms with E-state index in [2.05, 4.69) is 265 Å². The van der Waals surface area contributed by atoms with Gasteiger partial charge >= 0.3 is 0 Å². The Morgan fingerprint density at radius 1 is 0.333 bits per heavy atom. The van der Waals surface area contributed by atoms with Gasteiger partial charge in [0.1, 0.15) is 0 Å². The minimum absolute atomic E-state index is 0.169. The fraction of sp³-hybridized carbons (Fsp3) is 0.0312. The molecule has 2 nitrogen and oxygen atoms in total. The lowest BCUT2D eigenvalue weighted by molar-refractivity contribution is 0.669. The van der Waals surface area contributed by atoms with Crippen LogP contribution in [0, 0.1) is 5.92 Å². The first-order valence-electron chi connectivity index (χ1n) is 23.0. The Bertz CT molecular complexity index is 3600. The van der Waals surface area contributed by atoms with E-state index < -0.39 is 0 Å². The lowest BCUT2D eigenvalue weighted by Gasteiger charge is -2.35. The van der Waals surface area contributed by atoms with E-state index in [0.29, 0.717) is 0 Å². The number of benzene rings is 10. The molecular weight excluding hydrogens is 797 g/mol. The van der Waals surface area contributed by atoms with Crippen molar-refractivity contribution in [2.75, 3.05) is 9.80 Å². The Kier molecular flexibility index (Phi) is 9.02. The molecule has 310 valence electrons. The van der Waals surface area contributed by atoms with Gasteiger partial charge in [-0.25, -0.2) is 0 Å². The zero-order valence-corrected chi connectivity index (χ0v) is 36.3. The normalized spacial score (nSPS) is 15.9. The predicted molar refractivity (Wildman–Crippen MR) is 282 cm³/mol. The molecule has 1 aliphatic carbocycles. The van der Waals surface area contributed by atoms with Gasteiger partial charge in [0.2, 0.25) is 0 Å². The van der Waals surface area contributed by atoms with Crippen LogP contribution in [0.3, 0.4) is 0 Å². The van der Waals surface area contributed by atoms with Crippen LogP contribution >= 0.6 is 0 Å². The first kappa shape index (κ1) is 38.0. The molecule has 0 bridgehead atoms. The molecule has 3 aliphatic rings. The van der Waals surface area contributed by atoms with Crippen LogP contribution in [-0.2, 0) is 0 Å². The van der Waals surface area contributed by atoms with Crippen molar-refractivity contribution in [3.8, 4) is 33.4 Å². The Hall–Kier alpha value is -8.46. The second-order valence-electron chi connectivity index (χ2n) is 17.6. The highest BCUT2D eigenvalue weighted by Gasteiger charge is 2.29. The monoisotopic (exact) mass is 840 g/mol. The number of rotatable bonds is 5. The second kappa shape index (κ2) is 15.7. The van der Waals surface area contributed by atoms with Crippen LogP contribution in [-0.4, -0.2) is 6.04 Å². The fourth-order valence-electron chi connectivity index (χ4n) is 10.9. The van der Waals surface area contributed by atoms with Crippen LogP contribution in [0.5, 0.6) is 0 Å². The van der Waals surface area contributed by atoms with Gasteiger partial charge in [0, 0.05) is 23.0 Å². The highest BCUT2D eigenvalue weighted by molar-refractivity contribution is 6.33. The molecule has 0 aromatic heterocycles. The molecule has 0 amide bonds. The van der Waals surface area contributed by atoms with Gasteiger partial charge in [0.15, 0.2) is 0 Å². The number of anilines is 5. The van der Waals surface area contributed by atoms with Gasteiger partial charge in [0.25, 0.3) is 0 Å². The van der Waals surface area contributed by atoms with Gasteiger partial charge in [-0.15, -0.1) is 0 Å². The number of nitrogens with zero attached hydrogens (tertiary/aromatic N) is 2. The molecule has 0 saturated carbocycles. The summed E-state index contributed by atoms with van der Waals surface area (Å²) in [5, 5.41) is 7.55. The van der Waals surface area contributed by atoms with Crippen molar-refractivity contribution in [1.82, 2.24) is 0 Å². The Morgan fingerprint density at radius 2 is 0.833 bits per heavy atom. The smallest absolute Gasteiger partial charge is 0.0623 e. The molecule has 0 fully saturated rings. The summed E-state index contributed by atoms with van der Waals surface area (Å²) < 4.78 is 0. The zero-order valence-electron chi connectivity index (χ0n) is 36.3. The maximum Gasteiger partial charge on any atom is 0.0623 e. The average molecular weight is 841 g/mol. The molecule has 2 heterocycles. The van der Waals surface area contributed by atoms with Crippen molar-refractivity contribution in [3.63, 3.8) is 0 Å². The maximum atomic E-state index is 2.52. The fourth-order valence-corrected chi connectivity index (χ4v) is 10.9. The largest absolute Gasteiger partial charge is 0.333 e. The minimum atomic E-state index is 0.169. The van der Waals surface area contributed by atoms with Crippen molar-refractivity contribution in [3.05, 3.63) is 253 Å². The van der Waals surface area contributed by atoms with Gasteiger partial charge in [0.05, 0.1) is 17.4 Å². The highest BCUT2D eigenvalue weighted by atomic mass is 15.2. The summed E-state index contributed by atoms with van der Waals surface area (Å²) in [6.45, 7) is 0. The van der Waals surface area contributed by atoms with E-state index in [1.54, 1.807) is 0 Å². The third-order valence-electron chi connectivity index (χ3n) is 13.9. The second-order valence-corrected chi connectivity index (χ2v) is 17.6. The van der Waals surface area contributed by atoms with Gasteiger partial charge in [-0.2, -0.15) is 0 Å². The minimum Gasteiger partial charge on any atom is -0.333 e. The molecule has 2 unspecified atom stereocenters. The van der Waals surface area contributed by atoms with Crippen molar-refractivity contribution < 1.29 is 0 Å². The summed E-state index contributed by atoms with van der Waals surface area (Å²) in [4.78, 5) is 4.93. The van der Waals surface area contributed by atoms with Crippen molar-refractivity contribution in [1.29, 1.82) is 0 Å². The molecule has 10 aromatic rings. The predicted octanol–water partition coefficient (Wildman–Crippen LogP) is 17.4. The van der Waals surface area contributed by atoms with Crippen LogP contribution in [0.15, 0.2) is 237 Å². The van der Waals surface area contributed by atoms with E-state index >= 15 is 0 Å². The number of para-hydroxylation sites is 3. The first-order chi connectivity index (χ1) is 32.8. The molecule has 2 heteroatoms. The molecule has 0 saturated heterocycles. The van der Waals surface area contributed by atoms with Crippen LogP contribution in [0.1, 0.15) is 16.7 Å². The summed E-state index contributed by atoms with van der Waals surface area (Å²) in [7, 11) is 0. The molecule has 0 N–H and O–H groups in total. The van der Waals surface area contributed by atoms with Crippen LogP contribution in [0.4, 0.5) is 28.4 Å². The van der Waals surface area contributed by atoms with Crippen LogP contribution in [0.25, 0.3) is 83.9 Å². The van der Waals surface area contributed by atoms with Gasteiger partial charge < -0.3 is 9.80 Å². The third-order valence-corrected chi connectivity index (χ3v) is 13.9. The van der Waals surface area contributed by atoms with E-state index in [0.717, 1.165) is 5.69 Å². The molecule has 2 aliphatic heterocycles. The summed E-state index contributed by atoms with van der Waals surface area (Å²) in [6.07, 6.45) is 18.1. The summed E-state index contributed by atoms with van der Waals surface area (Å²) in [5.41, 5.74) is 16.7. The molecule has 0 spiro atoms. The van der Waals surface area contributed by atoms with Gasteiger partial charge in [-0.3, -0.25) is 0 Å². The molecular formula is C64H44N2. The molecule has 13 rings (SSSR count). The average Bonchev–Trinajstić information content (AvgIpc) is 3.67. The van der Waals surface area contributed by atoms with Crippen molar-refractivity contribution >= 4 is 79.0 Å². The van der Waals surface area contributed by atoms with E-state index in [9.17, 15) is 0 Å². The van der Waals surface area contributed by atoms with Gasteiger partial charge in [-0.1, -0.05) is 206 Å². The van der Waals surface area contributed by atoms with E-state index in [1.807, 2.05) is 0 Å². The highest BCUT2D eigenvalue weighted by Crippen LogP contribution is 2.50. The Labute approximate surface area is 385 Å². The molecule has 10 aromatic carbocycles. The topological polar surface area (TPSA) is 6.48 Å². The lowest BCUT2D eigenvalue weighted by Crippen LogP contribution is -2.35. The molecule has 2 atom stereocenters. The summed E-state index contributed by atoms with van der Waals surface area (Å²) in [5.74, 6) is 0.268. The molecule has 66 heavy (non-hydrogen) atoms. The van der Waals surface area contributed by atoms with E-state index in [-0.39, 0.29) is 12.0 Å². The standard InChI is InChI=1S/C64H44N2/c1-2-16-43(17-3-1)56-42-57(44-34-38-50(39-35-44)65-58-26-12-4-18-45(58)30-31-46-19-5-13-27-59(46)65)63-54-24-10-8-22-52(54)53-23-9-11-25-55(53)64(63)62(56)49-36-40-51(41-37-49)66-60-28-14-6-20-47(60)32-33-48-21-7-15-29-61(48)66/h1-42,47,60H. The van der Waals surface area contributed by atoms with E-state index in [4.69, 9.17) is 0 Å². The number of hydrogen-bond acceptors (Lipinski definition) is 2. The van der Waals surface area contributed by atoms with E-state index in [1.165, 1.54) is 105 Å². The summed E-state index contributed by atoms with van der Waals surface area (Å²) in [6, 6.07) is 76.4. The number of hydrogen-bond donors (Lipinski definition) is 0. The SMILES string of the molecule is C1=CC2C=Cc3ccccc3N(c3ccc(-c4c(-c5ccccc5)cc(-c5ccc(N6c7ccccc7C=Cc7ccccc76)cc5)c5c6ccccc6c6ccccc6c45)cc3)C2C=C1. The number of allylic oxidation sites excluding steroid dienone is 2. The Morgan fingerprint density at radius 3 is 1.50 bits per heavy atom. The quantitative estimate of drug-likeness (QED) is 0.159. The Balaban J connectivity index is 1.05. The van der Waals surface area contributed by atoms with Crippen LogP contribution < -0.4 is 9.80 Å². The zero-order chi connectivity index (χ0) is 43.6. The summed E-state index contributed by atoms with van der Waals surface area (Å²) >= 11 is 0. The van der Waals surface area contributed by atoms with Crippen molar-refractivity contribution in [2.45, 2.75) is 6.04 Å². The molecule has 0 radical (unpaired) electrons. The maximum absolute atomic E-state index is 2.52. The van der Waals surface area contributed by atoms with Crippen LogP contribution in [0.2, 0.25) is 0 Å². The van der Waals surface area contributed by atoms with Gasteiger partial charge in [-0.05, 0) is 131 Å². The third kappa shape index (κ3) is 6.18. The lowest BCUT2D eigenvalue weighted by atomic mass is 9.81. The van der Waals surface area contributed by atoms with Crippen molar-refractivity contribution in [2.24, 2.45) is 5.92 Å². The first-order valence-corrected chi connectivity index (χ1v) is 23.0.